The molecule has 2 aliphatic heterocycles. The van der Waals surface area contributed by atoms with Crippen molar-refractivity contribution in [2.75, 3.05) is 26.2 Å². The van der Waals surface area contributed by atoms with Crippen molar-refractivity contribution in [2.24, 2.45) is 27.7 Å². The average Bonchev–Trinajstić information content (AvgIpc) is 3.60. The summed E-state index contributed by atoms with van der Waals surface area (Å²) in [6.45, 7) is 3.74. The quantitative estimate of drug-likeness (QED) is 0.396. The second kappa shape index (κ2) is 11.6. The standard InChI is InChI=1S/C26H43N7O2/c34-25(31-20-7-1-17(2-8-20)23-27-13-14-28-23)19-5-11-22(12-6-19)33-26(35)32-21-9-3-18(4-10-21)24-29-15-16-30-24/h17-22H,1-16H2,(H,27,28)(H,29,30)(H,31,34)(H2,32,33,35). The predicted molar refractivity (Wildman–Crippen MR) is 138 cm³/mol. The Hall–Kier alpha value is -2.32. The van der Waals surface area contributed by atoms with Crippen LogP contribution in [0.25, 0.3) is 0 Å². The number of hydrogen-bond acceptors (Lipinski definition) is 6. The summed E-state index contributed by atoms with van der Waals surface area (Å²) in [5.41, 5.74) is 0. The van der Waals surface area contributed by atoms with Crippen LogP contribution in [0.3, 0.4) is 0 Å². The van der Waals surface area contributed by atoms with Gasteiger partial charge in [0.1, 0.15) is 0 Å². The third kappa shape index (κ3) is 6.47. The molecule has 0 aromatic heterocycles. The van der Waals surface area contributed by atoms with Gasteiger partial charge in [0.25, 0.3) is 0 Å². The topological polar surface area (TPSA) is 119 Å². The number of amidine groups is 2. The fourth-order valence-electron chi connectivity index (χ4n) is 6.63. The summed E-state index contributed by atoms with van der Waals surface area (Å²) < 4.78 is 0. The molecule has 3 fully saturated rings. The van der Waals surface area contributed by atoms with Gasteiger partial charge in [-0.1, -0.05) is 0 Å². The van der Waals surface area contributed by atoms with Crippen LogP contribution in [-0.4, -0.2) is 67.9 Å². The molecule has 9 nitrogen and oxygen atoms in total. The molecule has 5 aliphatic rings. The Labute approximate surface area is 209 Å². The molecular weight excluding hydrogens is 442 g/mol. The lowest BCUT2D eigenvalue weighted by Gasteiger charge is -2.33. The fourth-order valence-corrected chi connectivity index (χ4v) is 6.63. The molecule has 0 aromatic rings. The maximum Gasteiger partial charge on any atom is 0.315 e. The van der Waals surface area contributed by atoms with E-state index in [1.54, 1.807) is 0 Å². The number of hydrogen-bond donors (Lipinski definition) is 5. The van der Waals surface area contributed by atoms with Crippen molar-refractivity contribution >= 4 is 23.6 Å². The number of carbonyl (C=O) groups excluding carboxylic acids is 2. The van der Waals surface area contributed by atoms with Crippen molar-refractivity contribution in [2.45, 2.75) is 95.2 Å². The van der Waals surface area contributed by atoms with E-state index in [-0.39, 0.29) is 29.9 Å². The molecule has 9 heteroatoms. The predicted octanol–water partition coefficient (Wildman–Crippen LogP) is 2.08. The number of nitrogens with one attached hydrogen (secondary N) is 5. The van der Waals surface area contributed by atoms with E-state index < -0.39 is 0 Å². The first-order valence-electron chi connectivity index (χ1n) is 14.1. The average molecular weight is 486 g/mol. The maximum atomic E-state index is 12.9. The zero-order chi connectivity index (χ0) is 24.0. The second-order valence-electron chi connectivity index (χ2n) is 11.2. The first kappa shape index (κ1) is 24.4. The van der Waals surface area contributed by atoms with Crippen LogP contribution < -0.4 is 26.6 Å². The van der Waals surface area contributed by atoms with Gasteiger partial charge in [0, 0.05) is 49.0 Å². The van der Waals surface area contributed by atoms with E-state index in [2.05, 4.69) is 36.6 Å². The van der Waals surface area contributed by atoms with Crippen LogP contribution in [0, 0.1) is 17.8 Å². The molecule has 0 aromatic carbocycles. The lowest BCUT2D eigenvalue weighted by molar-refractivity contribution is -0.127. The van der Waals surface area contributed by atoms with E-state index >= 15 is 0 Å². The van der Waals surface area contributed by atoms with Gasteiger partial charge in [0.05, 0.1) is 24.8 Å². The SMILES string of the molecule is O=C(NC1CCC(C(=O)NC2CCC(C3=NCCN3)CC2)CC1)NC1CCC(C2=NCCN2)CC1. The highest BCUT2D eigenvalue weighted by Crippen LogP contribution is 2.29. The number of urea groups is 1. The van der Waals surface area contributed by atoms with Gasteiger partial charge in [-0.05, 0) is 77.0 Å². The lowest BCUT2D eigenvalue weighted by Crippen LogP contribution is -2.49. The zero-order valence-corrected chi connectivity index (χ0v) is 21.0. The van der Waals surface area contributed by atoms with Crippen molar-refractivity contribution in [1.82, 2.24) is 26.6 Å². The summed E-state index contributed by atoms with van der Waals surface area (Å²) in [4.78, 5) is 34.6. The van der Waals surface area contributed by atoms with Gasteiger partial charge >= 0.3 is 6.03 Å². The molecule has 35 heavy (non-hydrogen) atoms. The van der Waals surface area contributed by atoms with Crippen molar-refractivity contribution in [3.63, 3.8) is 0 Å². The molecule has 2 heterocycles. The van der Waals surface area contributed by atoms with Gasteiger partial charge in [-0.25, -0.2) is 4.79 Å². The van der Waals surface area contributed by atoms with E-state index in [0.717, 1.165) is 103 Å². The van der Waals surface area contributed by atoms with Crippen molar-refractivity contribution in [3.05, 3.63) is 0 Å². The molecule has 0 spiro atoms. The van der Waals surface area contributed by atoms with Gasteiger partial charge < -0.3 is 26.6 Å². The molecule has 0 bridgehead atoms. The number of nitrogens with zero attached hydrogens (tertiary/aromatic N) is 2. The number of aliphatic imine (C=N–C) groups is 2. The Balaban J connectivity index is 0.957. The van der Waals surface area contributed by atoms with Crippen molar-refractivity contribution < 1.29 is 9.59 Å². The molecule has 0 radical (unpaired) electrons. The Bertz CT molecular complexity index is 805. The van der Waals surface area contributed by atoms with E-state index in [4.69, 9.17) is 0 Å². The van der Waals surface area contributed by atoms with Crippen molar-refractivity contribution in [1.29, 1.82) is 0 Å². The highest BCUT2D eigenvalue weighted by molar-refractivity contribution is 5.86. The van der Waals surface area contributed by atoms with Crippen LogP contribution in [0.15, 0.2) is 9.98 Å². The molecule has 0 saturated heterocycles. The summed E-state index contributed by atoms with van der Waals surface area (Å²) >= 11 is 0. The molecule has 3 aliphatic carbocycles. The van der Waals surface area contributed by atoms with Gasteiger partial charge in [-0.2, -0.15) is 0 Å². The minimum atomic E-state index is -0.0456. The smallest absolute Gasteiger partial charge is 0.315 e. The minimum Gasteiger partial charge on any atom is -0.372 e. The molecule has 5 rings (SSSR count). The first-order valence-corrected chi connectivity index (χ1v) is 14.1. The summed E-state index contributed by atoms with van der Waals surface area (Å²) in [5, 5.41) is 16.5. The van der Waals surface area contributed by atoms with Crippen LogP contribution >= 0.6 is 0 Å². The summed E-state index contributed by atoms with van der Waals surface area (Å²) in [5.74, 6) is 3.75. The molecular formula is C26H43N7O2. The third-order valence-electron chi connectivity index (χ3n) is 8.74. The molecule has 0 atom stereocenters. The van der Waals surface area contributed by atoms with Gasteiger partial charge in [0.15, 0.2) is 0 Å². The number of carbonyl (C=O) groups is 2. The zero-order valence-electron chi connectivity index (χ0n) is 21.0. The number of amides is 3. The Morgan fingerprint density at radius 1 is 0.600 bits per heavy atom. The van der Waals surface area contributed by atoms with Gasteiger partial charge in [0.2, 0.25) is 5.91 Å². The van der Waals surface area contributed by atoms with E-state index in [1.807, 2.05) is 0 Å². The van der Waals surface area contributed by atoms with E-state index in [1.165, 1.54) is 11.7 Å². The Morgan fingerprint density at radius 2 is 1.03 bits per heavy atom. The fraction of sp³-hybridized carbons (Fsp3) is 0.846. The van der Waals surface area contributed by atoms with Crippen molar-refractivity contribution in [3.8, 4) is 0 Å². The van der Waals surface area contributed by atoms with E-state index in [0.29, 0.717) is 17.9 Å². The van der Waals surface area contributed by atoms with Gasteiger partial charge in [-0.15, -0.1) is 0 Å². The molecule has 5 N–H and O–H groups in total. The van der Waals surface area contributed by atoms with Crippen LogP contribution in [0.1, 0.15) is 77.0 Å². The van der Waals surface area contributed by atoms with Crippen LogP contribution in [-0.2, 0) is 4.79 Å². The summed E-state index contributed by atoms with van der Waals surface area (Å²) in [7, 11) is 0. The third-order valence-corrected chi connectivity index (χ3v) is 8.74. The normalized spacial score (nSPS) is 35.2. The van der Waals surface area contributed by atoms with Crippen LogP contribution in [0.2, 0.25) is 0 Å². The Kier molecular flexibility index (Phi) is 8.09. The molecule has 0 unspecified atom stereocenters. The first-order chi connectivity index (χ1) is 17.1. The highest BCUT2D eigenvalue weighted by atomic mass is 16.2. The molecule has 194 valence electrons. The van der Waals surface area contributed by atoms with Crippen LogP contribution in [0.4, 0.5) is 4.79 Å². The summed E-state index contributed by atoms with van der Waals surface area (Å²) in [6, 6.07) is 0.675. The Morgan fingerprint density at radius 3 is 1.46 bits per heavy atom. The molecule has 3 saturated carbocycles. The second-order valence-corrected chi connectivity index (χ2v) is 11.2. The maximum absolute atomic E-state index is 12.9. The van der Waals surface area contributed by atoms with Gasteiger partial charge in [-0.3, -0.25) is 14.8 Å². The minimum absolute atomic E-state index is 0.0456. The van der Waals surface area contributed by atoms with E-state index in [9.17, 15) is 9.59 Å². The largest absolute Gasteiger partial charge is 0.372 e. The monoisotopic (exact) mass is 485 g/mol. The number of rotatable bonds is 6. The summed E-state index contributed by atoms with van der Waals surface area (Å²) in [6.07, 6.45) is 12.0. The van der Waals surface area contributed by atoms with Crippen LogP contribution in [0.5, 0.6) is 0 Å². The highest BCUT2D eigenvalue weighted by Gasteiger charge is 2.32. The molecule has 3 amide bonds. The lowest BCUT2D eigenvalue weighted by atomic mass is 9.83.